The predicted octanol–water partition coefficient (Wildman–Crippen LogP) is 3.32. The smallest absolute Gasteiger partial charge is 0.267 e. The molecular weight excluding hydrogens is 216 g/mol. The third-order valence-electron chi connectivity index (χ3n) is 2.47. The van der Waals surface area contributed by atoms with Gasteiger partial charge < -0.3 is 14.2 Å². The van der Waals surface area contributed by atoms with Gasteiger partial charge in [0.25, 0.3) is 6.29 Å². The Labute approximate surface area is 101 Å². The molecule has 0 saturated carbocycles. The van der Waals surface area contributed by atoms with Gasteiger partial charge in [0.1, 0.15) is 5.75 Å². The van der Waals surface area contributed by atoms with Crippen LogP contribution >= 0.6 is 0 Å². The monoisotopic (exact) mass is 230 g/mol. The molecule has 1 aromatic rings. The second-order valence-electron chi connectivity index (χ2n) is 3.48. The molecule has 3 nitrogen and oxygen atoms in total. The molecule has 0 aliphatic carbocycles. The topological polar surface area (TPSA) is 27.7 Å². The fourth-order valence-corrected chi connectivity index (χ4v) is 1.57. The molecule has 0 bridgehead atoms. The van der Waals surface area contributed by atoms with Crippen molar-refractivity contribution in [3.63, 3.8) is 0 Å². The minimum atomic E-state index is -0.443. The second-order valence-corrected chi connectivity index (χ2v) is 3.48. The molecule has 1 heterocycles. The van der Waals surface area contributed by atoms with Crippen molar-refractivity contribution < 1.29 is 14.2 Å². The molecule has 1 aliphatic rings. The second kappa shape index (κ2) is 4.78. The zero-order chi connectivity index (χ0) is 12.3. The minimum absolute atomic E-state index is 0.443. The molecule has 0 spiro atoms. The first kappa shape index (κ1) is 11.3. The van der Waals surface area contributed by atoms with Crippen LogP contribution in [0.2, 0.25) is 0 Å². The Bertz CT molecular complexity index is 437. The molecule has 1 aliphatic heterocycles. The van der Waals surface area contributed by atoms with Crippen LogP contribution in [0, 0.1) is 0 Å². The number of hydrogen-bond donors (Lipinski definition) is 0. The van der Waals surface area contributed by atoms with Crippen LogP contribution in [0.5, 0.6) is 5.75 Å². The zero-order valence-electron chi connectivity index (χ0n) is 9.68. The molecule has 2 rings (SSSR count). The first-order valence-corrected chi connectivity index (χ1v) is 5.25. The van der Waals surface area contributed by atoms with Crippen LogP contribution in [0.4, 0.5) is 0 Å². The molecule has 1 aromatic carbocycles. The number of hydrogen-bond acceptors (Lipinski definition) is 3. The maximum Gasteiger partial charge on any atom is 0.267 e. The van der Waals surface area contributed by atoms with E-state index in [9.17, 15) is 0 Å². The van der Waals surface area contributed by atoms with E-state index in [1.165, 1.54) is 0 Å². The summed E-state index contributed by atoms with van der Waals surface area (Å²) in [6, 6.07) is 7.52. The Morgan fingerprint density at radius 1 is 1.06 bits per heavy atom. The Morgan fingerprint density at radius 2 is 1.59 bits per heavy atom. The summed E-state index contributed by atoms with van der Waals surface area (Å²) in [7, 11) is 1.63. The standard InChI is InChI=1S/C14H14O3/c1-4-12-13(5-2)17-14(16-12)10-6-8-11(15-3)9-7-10/h4-9,14H,1-2H2,3H3. The predicted molar refractivity (Wildman–Crippen MR) is 65.3 cm³/mol. The lowest BCUT2D eigenvalue weighted by Gasteiger charge is -2.12. The zero-order valence-corrected chi connectivity index (χ0v) is 9.68. The fourth-order valence-electron chi connectivity index (χ4n) is 1.57. The van der Waals surface area contributed by atoms with Crippen LogP contribution in [0.3, 0.4) is 0 Å². The van der Waals surface area contributed by atoms with E-state index in [1.807, 2.05) is 24.3 Å². The molecule has 0 saturated heterocycles. The van der Waals surface area contributed by atoms with Crippen molar-refractivity contribution in [3.05, 3.63) is 66.7 Å². The van der Waals surface area contributed by atoms with Crippen molar-refractivity contribution >= 4 is 0 Å². The summed E-state index contributed by atoms with van der Waals surface area (Å²) in [5.74, 6) is 2.02. The van der Waals surface area contributed by atoms with E-state index >= 15 is 0 Å². The van der Waals surface area contributed by atoms with Gasteiger partial charge in [0.05, 0.1) is 7.11 Å². The van der Waals surface area contributed by atoms with Crippen LogP contribution in [0.15, 0.2) is 61.1 Å². The molecular formula is C14H14O3. The minimum Gasteiger partial charge on any atom is -0.497 e. The highest BCUT2D eigenvalue weighted by Gasteiger charge is 2.25. The average Bonchev–Trinajstić information content (AvgIpc) is 2.82. The van der Waals surface area contributed by atoms with Gasteiger partial charge >= 0.3 is 0 Å². The number of methoxy groups -OCH3 is 1. The Balaban J connectivity index is 2.16. The third-order valence-corrected chi connectivity index (χ3v) is 2.47. The van der Waals surface area contributed by atoms with E-state index in [2.05, 4.69) is 13.2 Å². The molecule has 0 fully saturated rings. The molecule has 88 valence electrons. The van der Waals surface area contributed by atoms with Gasteiger partial charge in [-0.05, 0) is 36.4 Å². The number of ether oxygens (including phenoxy) is 3. The van der Waals surface area contributed by atoms with Crippen LogP contribution in [-0.4, -0.2) is 7.11 Å². The van der Waals surface area contributed by atoms with E-state index in [4.69, 9.17) is 14.2 Å². The van der Waals surface area contributed by atoms with E-state index in [-0.39, 0.29) is 0 Å². The lowest BCUT2D eigenvalue weighted by atomic mass is 10.2. The lowest BCUT2D eigenvalue weighted by molar-refractivity contribution is -0.0362. The van der Waals surface area contributed by atoms with Crippen LogP contribution in [-0.2, 0) is 9.47 Å². The first-order valence-electron chi connectivity index (χ1n) is 5.25. The summed E-state index contributed by atoms with van der Waals surface area (Å²) in [6.45, 7) is 7.33. The van der Waals surface area contributed by atoms with Gasteiger partial charge in [-0.2, -0.15) is 0 Å². The van der Waals surface area contributed by atoms with Crippen molar-refractivity contribution in [1.29, 1.82) is 0 Å². The van der Waals surface area contributed by atoms with Crippen molar-refractivity contribution in [2.24, 2.45) is 0 Å². The first-order chi connectivity index (χ1) is 8.28. The van der Waals surface area contributed by atoms with E-state index in [1.54, 1.807) is 19.3 Å². The average molecular weight is 230 g/mol. The van der Waals surface area contributed by atoms with E-state index in [0.717, 1.165) is 11.3 Å². The van der Waals surface area contributed by atoms with Gasteiger partial charge in [-0.1, -0.05) is 13.2 Å². The van der Waals surface area contributed by atoms with Crippen LogP contribution < -0.4 is 4.74 Å². The van der Waals surface area contributed by atoms with E-state index in [0.29, 0.717) is 11.5 Å². The van der Waals surface area contributed by atoms with Gasteiger partial charge in [0, 0.05) is 5.56 Å². The Morgan fingerprint density at radius 3 is 2.00 bits per heavy atom. The van der Waals surface area contributed by atoms with Crippen molar-refractivity contribution in [2.45, 2.75) is 6.29 Å². The van der Waals surface area contributed by atoms with Gasteiger partial charge in [0.2, 0.25) is 0 Å². The van der Waals surface area contributed by atoms with Gasteiger partial charge in [0.15, 0.2) is 11.5 Å². The van der Waals surface area contributed by atoms with Gasteiger partial charge in [-0.25, -0.2) is 0 Å². The maximum atomic E-state index is 5.60. The molecule has 0 radical (unpaired) electrons. The molecule has 0 atom stereocenters. The Hall–Kier alpha value is -2.16. The van der Waals surface area contributed by atoms with Crippen LogP contribution in [0.25, 0.3) is 0 Å². The van der Waals surface area contributed by atoms with Gasteiger partial charge in [-0.15, -0.1) is 0 Å². The summed E-state index contributed by atoms with van der Waals surface area (Å²) in [5, 5.41) is 0. The maximum absolute atomic E-state index is 5.60. The summed E-state index contributed by atoms with van der Waals surface area (Å²) < 4.78 is 16.3. The summed E-state index contributed by atoms with van der Waals surface area (Å²) in [6.07, 6.45) is 2.78. The highest BCUT2D eigenvalue weighted by atomic mass is 16.7. The molecule has 0 N–H and O–H groups in total. The summed E-state index contributed by atoms with van der Waals surface area (Å²) in [5.41, 5.74) is 0.919. The summed E-state index contributed by atoms with van der Waals surface area (Å²) in [4.78, 5) is 0. The number of allylic oxidation sites excluding steroid dienone is 2. The lowest BCUT2D eigenvalue weighted by Crippen LogP contribution is -1.99. The number of rotatable bonds is 4. The van der Waals surface area contributed by atoms with Crippen molar-refractivity contribution in [3.8, 4) is 5.75 Å². The summed E-state index contributed by atoms with van der Waals surface area (Å²) >= 11 is 0. The largest absolute Gasteiger partial charge is 0.497 e. The van der Waals surface area contributed by atoms with Crippen molar-refractivity contribution in [1.82, 2.24) is 0 Å². The SMILES string of the molecule is C=CC1=C(C=C)OC(c2ccc(OC)cc2)O1. The van der Waals surface area contributed by atoms with Crippen molar-refractivity contribution in [2.75, 3.05) is 7.11 Å². The molecule has 0 amide bonds. The quantitative estimate of drug-likeness (QED) is 0.794. The highest BCUT2D eigenvalue weighted by molar-refractivity contribution is 5.31. The Kier molecular flexibility index (Phi) is 3.19. The molecule has 0 unspecified atom stereocenters. The third kappa shape index (κ3) is 2.18. The molecule has 17 heavy (non-hydrogen) atoms. The van der Waals surface area contributed by atoms with E-state index < -0.39 is 6.29 Å². The fraction of sp³-hybridized carbons (Fsp3) is 0.143. The van der Waals surface area contributed by atoms with Gasteiger partial charge in [-0.3, -0.25) is 0 Å². The highest BCUT2D eigenvalue weighted by Crippen LogP contribution is 2.34. The number of benzene rings is 1. The normalized spacial score (nSPS) is 15.1. The molecule has 0 aromatic heterocycles. The molecule has 3 heteroatoms. The van der Waals surface area contributed by atoms with Crippen LogP contribution in [0.1, 0.15) is 11.9 Å².